The van der Waals surface area contributed by atoms with Crippen LogP contribution in [0.1, 0.15) is 11.1 Å². The van der Waals surface area contributed by atoms with Gasteiger partial charge in [0, 0.05) is 18.2 Å². The number of hydrogen-bond donors (Lipinski definition) is 1. The van der Waals surface area contributed by atoms with Crippen LogP contribution < -0.4 is 4.74 Å². The molecular weight excluding hydrogens is 216 g/mol. The molecule has 0 aliphatic heterocycles. The molecule has 1 aromatic heterocycles. The molecule has 0 aliphatic rings. The Morgan fingerprint density at radius 1 is 1.29 bits per heavy atom. The van der Waals surface area contributed by atoms with Gasteiger partial charge in [-0.3, -0.25) is 0 Å². The molecule has 1 N–H and O–H groups in total. The highest BCUT2D eigenvalue weighted by Crippen LogP contribution is 2.36. The predicted molar refractivity (Wildman–Crippen MR) is 66.3 cm³/mol. The number of aryl methyl sites for hydroxylation is 2. The van der Waals surface area contributed by atoms with Gasteiger partial charge in [0.2, 0.25) is 5.88 Å². The Bertz CT molecular complexity index is 559. The molecule has 0 saturated heterocycles. The molecule has 0 amide bonds. The van der Waals surface area contributed by atoms with Crippen molar-refractivity contribution in [2.75, 3.05) is 7.11 Å². The van der Waals surface area contributed by atoms with E-state index >= 15 is 0 Å². The van der Waals surface area contributed by atoms with Gasteiger partial charge < -0.3 is 9.84 Å². The van der Waals surface area contributed by atoms with Gasteiger partial charge in [0.1, 0.15) is 11.4 Å². The largest absolute Gasteiger partial charge is 0.496 e. The molecule has 0 unspecified atom stereocenters. The Kier molecular flexibility index (Phi) is 2.79. The lowest BCUT2D eigenvalue weighted by Crippen LogP contribution is -1.93. The van der Waals surface area contributed by atoms with Crippen molar-refractivity contribution in [2.24, 2.45) is 7.05 Å². The molecule has 2 rings (SSSR count). The van der Waals surface area contributed by atoms with E-state index in [1.54, 1.807) is 14.2 Å². The van der Waals surface area contributed by atoms with Crippen molar-refractivity contribution >= 4 is 0 Å². The molecule has 0 atom stereocenters. The molecule has 4 heteroatoms. The van der Waals surface area contributed by atoms with Gasteiger partial charge in [0.15, 0.2) is 0 Å². The molecular formula is C13H16N2O2. The molecule has 4 nitrogen and oxygen atoms in total. The lowest BCUT2D eigenvalue weighted by molar-refractivity contribution is 0.413. The number of rotatable bonds is 2. The van der Waals surface area contributed by atoms with Gasteiger partial charge in [0.25, 0.3) is 0 Å². The average molecular weight is 232 g/mol. The van der Waals surface area contributed by atoms with Crippen LogP contribution in [0.3, 0.4) is 0 Å². The van der Waals surface area contributed by atoms with Gasteiger partial charge in [-0.1, -0.05) is 12.1 Å². The van der Waals surface area contributed by atoms with Crippen LogP contribution in [0.5, 0.6) is 11.6 Å². The van der Waals surface area contributed by atoms with Crippen LogP contribution in [0.15, 0.2) is 18.2 Å². The van der Waals surface area contributed by atoms with Crippen LogP contribution in [-0.2, 0) is 7.05 Å². The van der Waals surface area contributed by atoms with Crippen LogP contribution in [0.2, 0.25) is 0 Å². The van der Waals surface area contributed by atoms with Crippen LogP contribution >= 0.6 is 0 Å². The first-order chi connectivity index (χ1) is 8.06. The maximum atomic E-state index is 9.78. The molecule has 1 aromatic carbocycles. The Labute approximate surface area is 100 Å². The van der Waals surface area contributed by atoms with Crippen LogP contribution in [0.25, 0.3) is 11.3 Å². The minimum absolute atomic E-state index is 0.184. The van der Waals surface area contributed by atoms with E-state index in [4.69, 9.17) is 4.74 Å². The SMILES string of the molecule is COc1c(C)cccc1-c1nn(C)c(O)c1C. The topological polar surface area (TPSA) is 47.3 Å². The monoisotopic (exact) mass is 232 g/mol. The first-order valence-corrected chi connectivity index (χ1v) is 5.42. The third kappa shape index (κ3) is 1.75. The summed E-state index contributed by atoms with van der Waals surface area (Å²) in [7, 11) is 3.36. The standard InChI is InChI=1S/C13H16N2O2/c1-8-6-5-7-10(12(8)17-4)11-9(2)13(16)15(3)14-11/h5-7,16H,1-4H3. The zero-order valence-corrected chi connectivity index (χ0v) is 10.5. The summed E-state index contributed by atoms with van der Waals surface area (Å²) in [5.74, 6) is 0.984. The van der Waals surface area contributed by atoms with Crippen molar-refractivity contribution in [1.82, 2.24) is 9.78 Å². The second-order valence-electron chi connectivity index (χ2n) is 4.08. The molecule has 1 heterocycles. The van der Waals surface area contributed by atoms with Gasteiger partial charge >= 0.3 is 0 Å². The van der Waals surface area contributed by atoms with Crippen molar-refractivity contribution in [3.05, 3.63) is 29.3 Å². The molecule has 0 spiro atoms. The maximum Gasteiger partial charge on any atom is 0.212 e. The highest BCUT2D eigenvalue weighted by Gasteiger charge is 2.17. The first-order valence-electron chi connectivity index (χ1n) is 5.42. The third-order valence-corrected chi connectivity index (χ3v) is 2.92. The van der Waals surface area contributed by atoms with E-state index in [-0.39, 0.29) is 5.88 Å². The van der Waals surface area contributed by atoms with E-state index < -0.39 is 0 Å². The highest BCUT2D eigenvalue weighted by atomic mass is 16.5. The van der Waals surface area contributed by atoms with E-state index in [1.165, 1.54) is 4.68 Å². The summed E-state index contributed by atoms with van der Waals surface area (Å²) in [4.78, 5) is 0. The number of hydrogen-bond acceptors (Lipinski definition) is 3. The zero-order valence-electron chi connectivity index (χ0n) is 10.5. The molecule has 0 fully saturated rings. The number of aromatic hydroxyl groups is 1. The van der Waals surface area contributed by atoms with Crippen LogP contribution in [0, 0.1) is 13.8 Å². The fourth-order valence-corrected chi connectivity index (χ4v) is 1.99. The van der Waals surface area contributed by atoms with Gasteiger partial charge in [-0.05, 0) is 25.5 Å². The van der Waals surface area contributed by atoms with Crippen molar-refractivity contribution in [3.8, 4) is 22.9 Å². The number of benzene rings is 1. The zero-order chi connectivity index (χ0) is 12.6. The van der Waals surface area contributed by atoms with E-state index in [9.17, 15) is 5.11 Å². The van der Waals surface area contributed by atoms with E-state index in [1.807, 2.05) is 32.0 Å². The van der Waals surface area contributed by atoms with E-state index in [2.05, 4.69) is 5.10 Å². The Hall–Kier alpha value is -1.97. The fraction of sp³-hybridized carbons (Fsp3) is 0.308. The minimum atomic E-state index is 0.184. The van der Waals surface area contributed by atoms with Gasteiger partial charge in [-0.25, -0.2) is 4.68 Å². The van der Waals surface area contributed by atoms with Crippen molar-refractivity contribution in [1.29, 1.82) is 0 Å². The number of para-hydroxylation sites is 1. The lowest BCUT2D eigenvalue weighted by atomic mass is 10.0. The van der Waals surface area contributed by atoms with E-state index in [0.29, 0.717) is 0 Å². The predicted octanol–water partition coefficient (Wildman–Crippen LogP) is 2.42. The summed E-state index contributed by atoms with van der Waals surface area (Å²) < 4.78 is 6.87. The molecule has 2 aromatic rings. The summed E-state index contributed by atoms with van der Waals surface area (Å²) in [5.41, 5.74) is 3.47. The Balaban J connectivity index is 2.68. The third-order valence-electron chi connectivity index (χ3n) is 2.92. The Morgan fingerprint density at radius 2 is 2.00 bits per heavy atom. The smallest absolute Gasteiger partial charge is 0.212 e. The minimum Gasteiger partial charge on any atom is -0.496 e. The molecule has 17 heavy (non-hydrogen) atoms. The molecule has 0 bridgehead atoms. The number of ether oxygens (including phenoxy) is 1. The molecule has 0 aliphatic carbocycles. The summed E-state index contributed by atoms with van der Waals surface area (Å²) in [5, 5.41) is 14.1. The lowest BCUT2D eigenvalue weighted by Gasteiger charge is -2.09. The normalized spacial score (nSPS) is 10.6. The summed E-state index contributed by atoms with van der Waals surface area (Å²) >= 11 is 0. The first kappa shape index (κ1) is 11.5. The second kappa shape index (κ2) is 4.13. The number of nitrogens with zero attached hydrogens (tertiary/aromatic N) is 2. The number of methoxy groups -OCH3 is 1. The Morgan fingerprint density at radius 3 is 2.53 bits per heavy atom. The van der Waals surface area contributed by atoms with Gasteiger partial charge in [0.05, 0.1) is 7.11 Å². The van der Waals surface area contributed by atoms with Crippen molar-refractivity contribution < 1.29 is 9.84 Å². The quantitative estimate of drug-likeness (QED) is 0.865. The second-order valence-corrected chi connectivity index (χ2v) is 4.08. The van der Waals surface area contributed by atoms with Crippen LogP contribution in [-0.4, -0.2) is 22.0 Å². The average Bonchev–Trinajstić information content (AvgIpc) is 2.56. The molecule has 0 radical (unpaired) electrons. The van der Waals surface area contributed by atoms with Gasteiger partial charge in [-0.15, -0.1) is 0 Å². The van der Waals surface area contributed by atoms with Crippen LogP contribution in [0.4, 0.5) is 0 Å². The van der Waals surface area contributed by atoms with Crippen molar-refractivity contribution in [2.45, 2.75) is 13.8 Å². The fourth-order valence-electron chi connectivity index (χ4n) is 1.99. The van der Waals surface area contributed by atoms with Gasteiger partial charge in [-0.2, -0.15) is 5.10 Å². The van der Waals surface area contributed by atoms with E-state index in [0.717, 1.165) is 28.1 Å². The summed E-state index contributed by atoms with van der Waals surface area (Å²) in [6.07, 6.45) is 0. The number of aromatic nitrogens is 2. The van der Waals surface area contributed by atoms with Crippen molar-refractivity contribution in [3.63, 3.8) is 0 Å². The molecule has 90 valence electrons. The summed E-state index contributed by atoms with van der Waals surface area (Å²) in [6.45, 7) is 3.83. The maximum absolute atomic E-state index is 9.78. The highest BCUT2D eigenvalue weighted by molar-refractivity contribution is 5.72. The summed E-state index contributed by atoms with van der Waals surface area (Å²) in [6, 6.07) is 5.89. The molecule has 0 saturated carbocycles.